The van der Waals surface area contributed by atoms with Gasteiger partial charge in [0, 0.05) is 32.2 Å². The van der Waals surface area contributed by atoms with E-state index in [2.05, 4.69) is 20.8 Å². The van der Waals surface area contributed by atoms with Crippen LogP contribution in [0.25, 0.3) is 0 Å². The van der Waals surface area contributed by atoms with Crippen LogP contribution in [0, 0.1) is 6.92 Å². The zero-order chi connectivity index (χ0) is 20.8. The molecule has 10 heteroatoms. The van der Waals surface area contributed by atoms with Crippen LogP contribution in [0.1, 0.15) is 36.5 Å². The number of rotatable bonds is 6. The predicted octanol–water partition coefficient (Wildman–Crippen LogP) is 2.32. The van der Waals surface area contributed by atoms with Crippen molar-refractivity contribution in [2.24, 2.45) is 12.0 Å². The summed E-state index contributed by atoms with van der Waals surface area (Å²) in [7, 11) is 1.96. The third-order valence-corrected chi connectivity index (χ3v) is 5.38. The Morgan fingerprint density at radius 1 is 1.16 bits per heavy atom. The Bertz CT molecular complexity index is 882. The lowest BCUT2D eigenvalue weighted by atomic mass is 10.2. The quantitative estimate of drug-likeness (QED) is 0.329. The topological polar surface area (TPSA) is 94.8 Å². The van der Waals surface area contributed by atoms with Crippen LogP contribution in [0.15, 0.2) is 23.2 Å². The third-order valence-electron chi connectivity index (χ3n) is 5.38. The van der Waals surface area contributed by atoms with Gasteiger partial charge in [-0.05, 0) is 25.8 Å². The van der Waals surface area contributed by atoms with Gasteiger partial charge < -0.3 is 29.4 Å². The van der Waals surface area contributed by atoms with Gasteiger partial charge in [0.2, 0.25) is 0 Å². The second-order valence-electron chi connectivity index (χ2n) is 7.55. The molecule has 1 atom stereocenters. The van der Waals surface area contributed by atoms with Crippen LogP contribution in [0.3, 0.4) is 0 Å². The zero-order valence-corrected chi connectivity index (χ0v) is 20.4. The van der Waals surface area contributed by atoms with E-state index in [1.54, 1.807) is 0 Å². The molecule has 0 bridgehead atoms. The molecule has 2 aliphatic rings. The van der Waals surface area contributed by atoms with E-state index in [1.807, 2.05) is 36.7 Å². The van der Waals surface area contributed by atoms with Crippen LogP contribution < -0.4 is 20.1 Å². The molecule has 0 aliphatic carbocycles. The maximum Gasteiger partial charge on any atom is 0.192 e. The molecule has 2 aromatic rings. The maximum absolute atomic E-state index is 5.92. The number of benzene rings is 1. The summed E-state index contributed by atoms with van der Waals surface area (Å²) in [5.74, 6) is 4.02. The van der Waals surface area contributed by atoms with Crippen molar-refractivity contribution < 1.29 is 14.2 Å². The van der Waals surface area contributed by atoms with E-state index in [0.717, 1.165) is 61.1 Å². The minimum Gasteiger partial charge on any atom is -0.490 e. The molecule has 1 unspecified atom stereocenters. The Labute approximate surface area is 200 Å². The summed E-state index contributed by atoms with van der Waals surface area (Å²) in [6.07, 6.45) is 3.28. The van der Waals surface area contributed by atoms with Crippen LogP contribution >= 0.6 is 24.0 Å². The lowest BCUT2D eigenvalue weighted by Gasteiger charge is -2.16. The van der Waals surface area contributed by atoms with Crippen molar-refractivity contribution in [2.45, 2.75) is 45.4 Å². The lowest BCUT2D eigenvalue weighted by Crippen LogP contribution is -2.41. The number of halogens is 1. The SMILES string of the molecule is Cc1nnc(CNC(=NCc2cccc3c2OCCCO3)NCC2CCCO2)n1C.I. The molecular weight excluding hydrogens is 511 g/mol. The number of hydrogen-bond donors (Lipinski definition) is 2. The minimum atomic E-state index is 0. The van der Waals surface area contributed by atoms with Crippen LogP contribution in [-0.2, 0) is 24.9 Å². The summed E-state index contributed by atoms with van der Waals surface area (Å²) in [5.41, 5.74) is 1.00. The molecule has 0 radical (unpaired) electrons. The number of nitrogens with one attached hydrogen (secondary N) is 2. The van der Waals surface area contributed by atoms with Crippen molar-refractivity contribution in [1.29, 1.82) is 0 Å². The summed E-state index contributed by atoms with van der Waals surface area (Å²) < 4.78 is 19.4. The number of guanidine groups is 1. The standard InChI is InChI=1S/C21H30N6O3.HI/c1-15-25-26-19(27(15)2)14-24-21(23-13-17-7-4-9-28-17)22-12-16-6-3-8-18-20(16)30-11-5-10-29-18;/h3,6,8,17H,4-5,7,9-14H2,1-2H3,(H2,22,23,24);1H. The van der Waals surface area contributed by atoms with Crippen molar-refractivity contribution in [3.63, 3.8) is 0 Å². The van der Waals surface area contributed by atoms with Crippen LogP contribution in [0.2, 0.25) is 0 Å². The summed E-state index contributed by atoms with van der Waals surface area (Å²) in [5, 5.41) is 15.1. The molecule has 3 heterocycles. The summed E-state index contributed by atoms with van der Waals surface area (Å²) in [6, 6.07) is 5.95. The predicted molar refractivity (Wildman–Crippen MR) is 128 cm³/mol. The Balaban J connectivity index is 0.00000272. The van der Waals surface area contributed by atoms with Gasteiger partial charge in [0.05, 0.1) is 32.4 Å². The first-order valence-electron chi connectivity index (χ1n) is 10.6. The first kappa shape index (κ1) is 23.6. The van der Waals surface area contributed by atoms with Crippen LogP contribution in [-0.4, -0.2) is 53.2 Å². The molecular formula is C21H31IN6O3. The number of hydrogen-bond acceptors (Lipinski definition) is 6. The third kappa shape index (κ3) is 6.22. The minimum absolute atomic E-state index is 0. The van der Waals surface area contributed by atoms with Gasteiger partial charge in [0.15, 0.2) is 23.3 Å². The maximum atomic E-state index is 5.92. The molecule has 0 saturated carbocycles. The Kier molecular flexibility index (Phi) is 8.76. The Morgan fingerprint density at radius 2 is 2.03 bits per heavy atom. The van der Waals surface area contributed by atoms with Crippen molar-refractivity contribution in [3.8, 4) is 11.5 Å². The van der Waals surface area contributed by atoms with Gasteiger partial charge in [-0.25, -0.2) is 4.99 Å². The number of aliphatic imine (C=N–C) groups is 1. The highest BCUT2D eigenvalue weighted by Gasteiger charge is 2.17. The number of para-hydroxylation sites is 1. The summed E-state index contributed by atoms with van der Waals surface area (Å²) >= 11 is 0. The molecule has 1 aromatic heterocycles. The smallest absolute Gasteiger partial charge is 0.192 e. The fourth-order valence-electron chi connectivity index (χ4n) is 3.50. The van der Waals surface area contributed by atoms with Gasteiger partial charge in [-0.2, -0.15) is 0 Å². The van der Waals surface area contributed by atoms with E-state index in [0.29, 0.717) is 32.3 Å². The van der Waals surface area contributed by atoms with Crippen LogP contribution in [0.4, 0.5) is 0 Å². The van der Waals surface area contributed by atoms with E-state index in [-0.39, 0.29) is 30.1 Å². The monoisotopic (exact) mass is 542 g/mol. The Hall–Kier alpha value is -2.08. The number of ether oxygens (including phenoxy) is 3. The van der Waals surface area contributed by atoms with Crippen molar-refractivity contribution in [3.05, 3.63) is 35.4 Å². The van der Waals surface area contributed by atoms with Crippen molar-refractivity contribution in [2.75, 3.05) is 26.4 Å². The molecule has 9 nitrogen and oxygen atoms in total. The molecule has 4 rings (SSSR count). The average Bonchev–Trinajstić information content (AvgIpc) is 3.31. The van der Waals surface area contributed by atoms with E-state index < -0.39 is 0 Å². The van der Waals surface area contributed by atoms with Gasteiger partial charge >= 0.3 is 0 Å². The van der Waals surface area contributed by atoms with E-state index in [1.165, 1.54) is 0 Å². The van der Waals surface area contributed by atoms with Gasteiger partial charge in [0.25, 0.3) is 0 Å². The highest BCUT2D eigenvalue weighted by atomic mass is 127. The molecule has 2 aliphatic heterocycles. The largest absolute Gasteiger partial charge is 0.490 e. The second-order valence-corrected chi connectivity index (χ2v) is 7.55. The van der Waals surface area contributed by atoms with Gasteiger partial charge in [-0.1, -0.05) is 12.1 Å². The van der Waals surface area contributed by atoms with E-state index in [4.69, 9.17) is 19.2 Å². The number of aryl methyl sites for hydroxylation is 1. The van der Waals surface area contributed by atoms with Crippen molar-refractivity contribution >= 4 is 29.9 Å². The summed E-state index contributed by atoms with van der Waals surface area (Å²) in [6.45, 7) is 5.82. The normalized spacial score (nSPS) is 18.3. The van der Waals surface area contributed by atoms with Gasteiger partial charge in [-0.3, -0.25) is 0 Å². The first-order valence-corrected chi connectivity index (χ1v) is 10.6. The molecule has 0 spiro atoms. The molecule has 0 amide bonds. The molecule has 2 N–H and O–H groups in total. The average molecular weight is 542 g/mol. The van der Waals surface area contributed by atoms with Gasteiger partial charge in [-0.15, -0.1) is 34.2 Å². The highest BCUT2D eigenvalue weighted by Crippen LogP contribution is 2.33. The lowest BCUT2D eigenvalue weighted by molar-refractivity contribution is 0.113. The van der Waals surface area contributed by atoms with Gasteiger partial charge in [0.1, 0.15) is 5.82 Å². The zero-order valence-electron chi connectivity index (χ0n) is 18.1. The van der Waals surface area contributed by atoms with E-state index >= 15 is 0 Å². The number of fused-ring (bicyclic) bond motifs is 1. The van der Waals surface area contributed by atoms with E-state index in [9.17, 15) is 0 Å². The molecule has 1 aromatic carbocycles. The summed E-state index contributed by atoms with van der Waals surface area (Å²) in [4.78, 5) is 4.79. The molecule has 31 heavy (non-hydrogen) atoms. The number of nitrogens with zero attached hydrogens (tertiary/aromatic N) is 4. The molecule has 1 saturated heterocycles. The highest BCUT2D eigenvalue weighted by molar-refractivity contribution is 14.0. The fraction of sp³-hybridized carbons (Fsp3) is 0.571. The Morgan fingerprint density at radius 3 is 2.81 bits per heavy atom. The molecule has 1 fully saturated rings. The van der Waals surface area contributed by atoms with Crippen LogP contribution in [0.5, 0.6) is 11.5 Å². The molecule has 170 valence electrons. The first-order chi connectivity index (χ1) is 14.7. The fourth-order valence-corrected chi connectivity index (χ4v) is 3.50. The number of aromatic nitrogens is 3. The second kappa shape index (κ2) is 11.5. The van der Waals surface area contributed by atoms with Crippen molar-refractivity contribution in [1.82, 2.24) is 25.4 Å².